The van der Waals surface area contributed by atoms with Crippen LogP contribution in [0.3, 0.4) is 0 Å². The van der Waals surface area contributed by atoms with Crippen molar-refractivity contribution in [1.82, 2.24) is 10.6 Å². The molecule has 3 rings (SSSR count). The topological polar surface area (TPSA) is 333 Å². The quantitative estimate of drug-likeness (QED) is 0.0409. The van der Waals surface area contributed by atoms with Crippen LogP contribution in [-0.4, -0.2) is 200 Å². The average Bonchev–Trinajstić information content (AvgIpc) is 3.18. The van der Waals surface area contributed by atoms with Crippen LogP contribution in [0.5, 0.6) is 0 Å². The van der Waals surface area contributed by atoms with Gasteiger partial charge in [-0.25, -0.2) is 0 Å². The summed E-state index contributed by atoms with van der Waals surface area (Å²) in [4.78, 5) is 37.0. The lowest BCUT2D eigenvalue weighted by molar-refractivity contribution is -0.366. The number of ketones is 1. The van der Waals surface area contributed by atoms with Gasteiger partial charge in [-0.1, -0.05) is 39.0 Å². The van der Waals surface area contributed by atoms with Crippen molar-refractivity contribution in [1.29, 1.82) is 0 Å². The molecular formula is C36H64N2O19. The zero-order valence-corrected chi connectivity index (χ0v) is 32.5. The number of nitrogens with one attached hydrogen (secondary N) is 2. The minimum atomic E-state index is -1.91. The second-order valence-corrected chi connectivity index (χ2v) is 14.7. The highest BCUT2D eigenvalue weighted by molar-refractivity contribution is 5.87. The maximum atomic E-state index is 13.2. The fourth-order valence-corrected chi connectivity index (χ4v) is 6.69. The van der Waals surface area contributed by atoms with Crippen LogP contribution in [0.4, 0.5) is 0 Å². The third-order valence-electron chi connectivity index (χ3n) is 10.2. The number of rotatable bonds is 24. The van der Waals surface area contributed by atoms with Crippen molar-refractivity contribution in [2.75, 3.05) is 33.0 Å². The Kier molecular flexibility index (Phi) is 21.6. The third kappa shape index (κ3) is 14.6. The van der Waals surface area contributed by atoms with E-state index in [-0.39, 0.29) is 31.3 Å². The third-order valence-corrected chi connectivity index (χ3v) is 10.2. The van der Waals surface area contributed by atoms with Gasteiger partial charge in [-0.15, -0.1) is 0 Å². The van der Waals surface area contributed by atoms with Gasteiger partial charge in [0.1, 0.15) is 85.1 Å². The predicted molar refractivity (Wildman–Crippen MR) is 192 cm³/mol. The van der Waals surface area contributed by atoms with E-state index in [1.165, 1.54) is 6.92 Å². The summed E-state index contributed by atoms with van der Waals surface area (Å²) in [6, 6.07) is -0.825. The number of amides is 2. The Hall–Kier alpha value is -2.03. The first-order valence-corrected chi connectivity index (χ1v) is 19.7. The van der Waals surface area contributed by atoms with Crippen LogP contribution in [-0.2, 0) is 42.8 Å². The van der Waals surface area contributed by atoms with Gasteiger partial charge >= 0.3 is 0 Å². The SMILES string of the molecule is CCCCC[C@H](NC(=O)CCCCCCC(C)=O)C(=O)NCCO[C@H]1O[C@H](CO[C@H]2O[C@H](CO)[C@@H](O)[C@H](O)[C@@H]2O)[C@@H](O)[C@H](O[C@H]2O[C@H](CO)[C@@H](O)[C@H](O)[C@@H]2O)[C@@H]1O. The summed E-state index contributed by atoms with van der Waals surface area (Å²) in [5, 5.41) is 109. The Bertz CT molecular complexity index is 1200. The molecule has 0 spiro atoms. The fourth-order valence-electron chi connectivity index (χ4n) is 6.69. The Labute approximate surface area is 331 Å². The number of aliphatic hydroxyl groups is 10. The predicted octanol–water partition coefficient (Wildman–Crippen LogP) is -4.44. The molecule has 3 fully saturated rings. The second-order valence-electron chi connectivity index (χ2n) is 14.7. The minimum Gasteiger partial charge on any atom is -0.394 e. The maximum absolute atomic E-state index is 13.2. The van der Waals surface area contributed by atoms with Gasteiger partial charge in [0, 0.05) is 19.4 Å². The zero-order valence-electron chi connectivity index (χ0n) is 32.5. The molecule has 21 heteroatoms. The summed E-state index contributed by atoms with van der Waals surface area (Å²) >= 11 is 0. The number of unbranched alkanes of at least 4 members (excludes halogenated alkanes) is 5. The van der Waals surface area contributed by atoms with E-state index in [1.54, 1.807) is 0 Å². The van der Waals surface area contributed by atoms with Crippen molar-refractivity contribution in [2.24, 2.45) is 0 Å². The number of hydrogen-bond acceptors (Lipinski definition) is 19. The van der Waals surface area contributed by atoms with Crippen LogP contribution >= 0.6 is 0 Å². The summed E-state index contributed by atoms with van der Waals surface area (Å²) in [6.45, 7) is 0.956. The van der Waals surface area contributed by atoms with E-state index in [1.807, 2.05) is 6.92 Å². The van der Waals surface area contributed by atoms with E-state index in [0.717, 1.165) is 32.1 Å². The highest BCUT2D eigenvalue weighted by Crippen LogP contribution is 2.31. The van der Waals surface area contributed by atoms with Crippen molar-refractivity contribution in [3.05, 3.63) is 0 Å². The largest absolute Gasteiger partial charge is 0.394 e. The number of aliphatic hydroxyl groups excluding tert-OH is 10. The van der Waals surface area contributed by atoms with E-state index in [4.69, 9.17) is 28.4 Å². The van der Waals surface area contributed by atoms with Gasteiger partial charge in [0.25, 0.3) is 0 Å². The first kappa shape index (κ1) is 49.3. The van der Waals surface area contributed by atoms with Gasteiger partial charge in [0.15, 0.2) is 18.9 Å². The van der Waals surface area contributed by atoms with E-state index in [2.05, 4.69) is 10.6 Å². The molecule has 0 bridgehead atoms. The van der Waals surface area contributed by atoms with Gasteiger partial charge in [0.05, 0.1) is 26.4 Å². The van der Waals surface area contributed by atoms with Gasteiger partial charge in [-0.05, 0) is 26.2 Å². The van der Waals surface area contributed by atoms with Crippen molar-refractivity contribution < 1.29 is 93.9 Å². The Morgan fingerprint density at radius 1 is 0.632 bits per heavy atom. The maximum Gasteiger partial charge on any atom is 0.242 e. The number of ether oxygens (including phenoxy) is 6. The van der Waals surface area contributed by atoms with Crippen LogP contribution in [0.2, 0.25) is 0 Å². The molecule has 0 saturated carbocycles. The van der Waals surface area contributed by atoms with Crippen LogP contribution < -0.4 is 10.6 Å². The molecule has 0 aromatic carbocycles. The lowest BCUT2D eigenvalue weighted by Crippen LogP contribution is -2.65. The summed E-state index contributed by atoms with van der Waals surface area (Å²) in [7, 11) is 0. The van der Waals surface area contributed by atoms with Gasteiger partial charge < -0.3 is 94.9 Å². The molecule has 0 aliphatic carbocycles. The first-order chi connectivity index (χ1) is 27.1. The molecule has 0 radical (unpaired) electrons. The average molecular weight is 829 g/mol. The Balaban J connectivity index is 1.65. The monoisotopic (exact) mass is 828 g/mol. The lowest BCUT2D eigenvalue weighted by Gasteiger charge is -2.46. The molecule has 0 aromatic heterocycles. The smallest absolute Gasteiger partial charge is 0.242 e. The van der Waals surface area contributed by atoms with Crippen molar-refractivity contribution >= 4 is 17.6 Å². The number of carbonyl (C=O) groups excluding carboxylic acids is 3. The molecule has 0 unspecified atom stereocenters. The van der Waals surface area contributed by atoms with Crippen LogP contribution in [0.1, 0.15) is 78.1 Å². The van der Waals surface area contributed by atoms with Gasteiger partial charge in [-0.2, -0.15) is 0 Å². The van der Waals surface area contributed by atoms with E-state index >= 15 is 0 Å². The number of carbonyl (C=O) groups is 3. The fraction of sp³-hybridized carbons (Fsp3) is 0.917. The van der Waals surface area contributed by atoms with E-state index < -0.39 is 124 Å². The molecule has 3 saturated heterocycles. The van der Waals surface area contributed by atoms with Crippen LogP contribution in [0.25, 0.3) is 0 Å². The molecule has 0 aromatic rings. The Morgan fingerprint density at radius 3 is 1.79 bits per heavy atom. The standard InChI is InChI=1S/C36H64N2O19/c1-3-4-7-11-19(38-23(42)12-9-6-5-8-10-18(2)41)33(51)37-13-14-52-35-31(50)32(57-36-30(49)28(47)25(44)21(16-40)55-36)26(45)22(56-35)17-53-34-29(48)27(46)24(43)20(15-39)54-34/h19-22,24-32,34-36,39-40,43-50H,3-17H2,1-2H3,(H,37,51)(H,38,42)/t19-,20+,21+,22+,24+,25+,26+,27-,28-,29-,30-,31-,32-,34-,35-,36+/m0/s1. The molecule has 21 nitrogen and oxygen atoms in total. The molecule has 2 amide bonds. The zero-order chi connectivity index (χ0) is 42.2. The van der Waals surface area contributed by atoms with Crippen molar-refractivity contribution in [3.8, 4) is 0 Å². The summed E-state index contributed by atoms with van der Waals surface area (Å²) in [5.41, 5.74) is 0. The van der Waals surface area contributed by atoms with Crippen molar-refractivity contribution in [3.63, 3.8) is 0 Å². The second kappa shape index (κ2) is 24.9. The summed E-state index contributed by atoms with van der Waals surface area (Å²) in [6.07, 6.45) is -18.9. The van der Waals surface area contributed by atoms with E-state index in [9.17, 15) is 65.4 Å². The molecule has 3 aliphatic heterocycles. The summed E-state index contributed by atoms with van der Waals surface area (Å²) < 4.78 is 33.5. The minimum absolute atomic E-state index is 0.120. The highest BCUT2D eigenvalue weighted by Gasteiger charge is 2.52. The van der Waals surface area contributed by atoms with E-state index in [0.29, 0.717) is 25.7 Å². The normalized spacial score (nSPS) is 36.4. The van der Waals surface area contributed by atoms with Crippen LogP contribution in [0.15, 0.2) is 0 Å². The highest BCUT2D eigenvalue weighted by atomic mass is 16.7. The molecule has 16 atom stereocenters. The Morgan fingerprint density at radius 2 is 1.19 bits per heavy atom. The lowest BCUT2D eigenvalue weighted by atomic mass is 9.96. The van der Waals surface area contributed by atoms with Gasteiger partial charge in [-0.3, -0.25) is 9.59 Å². The van der Waals surface area contributed by atoms with Gasteiger partial charge in [0.2, 0.25) is 11.8 Å². The molecule has 12 N–H and O–H groups in total. The molecular weight excluding hydrogens is 764 g/mol. The van der Waals surface area contributed by atoms with Crippen LogP contribution in [0, 0.1) is 0 Å². The van der Waals surface area contributed by atoms with Crippen molar-refractivity contribution in [2.45, 2.75) is 176 Å². The number of hydrogen-bond donors (Lipinski definition) is 12. The molecule has 57 heavy (non-hydrogen) atoms. The summed E-state index contributed by atoms with van der Waals surface area (Å²) in [5.74, 6) is -0.636. The molecule has 332 valence electrons. The first-order valence-electron chi connectivity index (χ1n) is 19.7. The number of Topliss-reactive ketones (excluding diaryl/α,β-unsaturated/α-hetero) is 1. The molecule has 3 aliphatic rings. The molecule has 3 heterocycles.